The van der Waals surface area contributed by atoms with E-state index in [0.717, 1.165) is 51.4 Å². The van der Waals surface area contributed by atoms with Crippen molar-refractivity contribution >= 4 is 5.91 Å². The second-order valence-electron chi connectivity index (χ2n) is 8.68. The SMILES string of the molecule is CCCCC[C@@H](O)/C=C\[C@@H]1[C@H]2CC(CCCCC(=O)N(C)C)=C[C@H]2C[C@H]1O. The number of allylic oxidation sites excluding steroid dienone is 2. The van der Waals surface area contributed by atoms with Crippen LogP contribution in [0.2, 0.25) is 0 Å². The maximum absolute atomic E-state index is 11.6. The van der Waals surface area contributed by atoms with Crippen molar-refractivity contribution in [1.82, 2.24) is 4.90 Å². The Morgan fingerprint density at radius 2 is 2.07 bits per heavy atom. The van der Waals surface area contributed by atoms with Gasteiger partial charge in [0.25, 0.3) is 0 Å². The van der Waals surface area contributed by atoms with Gasteiger partial charge >= 0.3 is 0 Å². The van der Waals surface area contributed by atoms with Gasteiger partial charge in [-0.1, -0.05) is 50.0 Å². The molecule has 4 heteroatoms. The molecule has 0 aromatic carbocycles. The molecule has 5 atom stereocenters. The van der Waals surface area contributed by atoms with Gasteiger partial charge in [0.15, 0.2) is 0 Å². The van der Waals surface area contributed by atoms with Crippen LogP contribution in [-0.4, -0.2) is 47.3 Å². The predicted molar refractivity (Wildman–Crippen MR) is 110 cm³/mol. The number of hydrogen-bond acceptors (Lipinski definition) is 3. The lowest BCUT2D eigenvalue weighted by atomic mass is 9.88. The summed E-state index contributed by atoms with van der Waals surface area (Å²) in [6, 6.07) is 0. The minimum absolute atomic E-state index is 0.167. The van der Waals surface area contributed by atoms with Crippen molar-refractivity contribution in [3.05, 3.63) is 23.8 Å². The zero-order valence-electron chi connectivity index (χ0n) is 17.4. The first-order valence-electron chi connectivity index (χ1n) is 10.9. The number of hydrogen-bond donors (Lipinski definition) is 2. The third-order valence-electron chi connectivity index (χ3n) is 6.25. The Hall–Kier alpha value is -1.13. The summed E-state index contributed by atoms with van der Waals surface area (Å²) in [5, 5.41) is 20.6. The summed E-state index contributed by atoms with van der Waals surface area (Å²) in [4.78, 5) is 13.3. The highest BCUT2D eigenvalue weighted by Crippen LogP contribution is 2.48. The molecule has 4 nitrogen and oxygen atoms in total. The van der Waals surface area contributed by atoms with Crippen molar-refractivity contribution < 1.29 is 15.0 Å². The Bertz CT molecular complexity index is 526. The van der Waals surface area contributed by atoms with Crippen LogP contribution in [0.25, 0.3) is 0 Å². The molecular formula is C23H39NO3. The van der Waals surface area contributed by atoms with Crippen molar-refractivity contribution in [1.29, 1.82) is 0 Å². The monoisotopic (exact) mass is 377 g/mol. The highest BCUT2D eigenvalue weighted by atomic mass is 16.3. The number of unbranched alkanes of at least 4 members (excludes halogenated alkanes) is 3. The van der Waals surface area contributed by atoms with Gasteiger partial charge in [0, 0.05) is 26.4 Å². The molecule has 0 aromatic rings. The van der Waals surface area contributed by atoms with Gasteiger partial charge in [-0.15, -0.1) is 0 Å². The Balaban J connectivity index is 1.76. The molecule has 0 aromatic heterocycles. The number of fused-ring (bicyclic) bond motifs is 1. The molecule has 1 amide bonds. The molecule has 2 aliphatic carbocycles. The van der Waals surface area contributed by atoms with Crippen LogP contribution in [0.3, 0.4) is 0 Å². The fourth-order valence-corrected chi connectivity index (χ4v) is 4.60. The Kier molecular flexibility index (Phi) is 9.04. The molecule has 27 heavy (non-hydrogen) atoms. The Morgan fingerprint density at radius 1 is 1.30 bits per heavy atom. The van der Waals surface area contributed by atoms with Crippen molar-refractivity contribution in [3.8, 4) is 0 Å². The van der Waals surface area contributed by atoms with Crippen LogP contribution in [-0.2, 0) is 4.79 Å². The molecule has 0 radical (unpaired) electrons. The van der Waals surface area contributed by atoms with E-state index >= 15 is 0 Å². The molecule has 0 saturated heterocycles. The number of carbonyl (C=O) groups is 1. The van der Waals surface area contributed by atoms with Crippen molar-refractivity contribution in [2.24, 2.45) is 17.8 Å². The van der Waals surface area contributed by atoms with Gasteiger partial charge in [0.2, 0.25) is 5.91 Å². The van der Waals surface area contributed by atoms with Crippen molar-refractivity contribution in [2.75, 3.05) is 14.1 Å². The van der Waals surface area contributed by atoms with E-state index in [1.165, 1.54) is 12.0 Å². The molecule has 1 saturated carbocycles. The number of rotatable bonds is 11. The number of carbonyl (C=O) groups excluding carboxylic acids is 1. The molecule has 0 spiro atoms. The van der Waals surface area contributed by atoms with Crippen LogP contribution in [0.4, 0.5) is 0 Å². The molecule has 0 heterocycles. The number of amides is 1. The van der Waals surface area contributed by atoms with E-state index in [-0.39, 0.29) is 24.0 Å². The summed E-state index contributed by atoms with van der Waals surface area (Å²) in [6.45, 7) is 2.17. The van der Waals surface area contributed by atoms with Gasteiger partial charge in [0.05, 0.1) is 12.2 Å². The van der Waals surface area contributed by atoms with Gasteiger partial charge in [-0.3, -0.25) is 4.79 Å². The van der Waals surface area contributed by atoms with Crippen LogP contribution in [0.5, 0.6) is 0 Å². The number of aliphatic hydroxyl groups is 2. The van der Waals surface area contributed by atoms with Gasteiger partial charge in [-0.2, -0.15) is 0 Å². The summed E-state index contributed by atoms with van der Waals surface area (Å²) in [5.74, 6) is 1.33. The van der Waals surface area contributed by atoms with E-state index < -0.39 is 0 Å². The molecule has 2 aliphatic rings. The van der Waals surface area contributed by atoms with E-state index in [0.29, 0.717) is 18.3 Å². The average Bonchev–Trinajstić information content (AvgIpc) is 3.13. The topological polar surface area (TPSA) is 60.8 Å². The molecule has 0 aliphatic heterocycles. The average molecular weight is 378 g/mol. The standard InChI is InChI=1S/C23H39NO3/c1-4-5-6-10-19(25)12-13-20-21-15-17(14-18(21)16-22(20)26)9-7-8-11-23(27)24(2)3/h12-14,18-22,25-26H,4-11,15-16H2,1-3H3/b13-12-/t18-,19+,20+,21-,22+/m0/s1. The summed E-state index contributed by atoms with van der Waals surface area (Å²) in [7, 11) is 3.62. The van der Waals surface area contributed by atoms with E-state index in [9.17, 15) is 15.0 Å². The van der Waals surface area contributed by atoms with Gasteiger partial charge in [-0.25, -0.2) is 0 Å². The molecule has 2 N–H and O–H groups in total. The highest BCUT2D eigenvalue weighted by molar-refractivity contribution is 5.75. The largest absolute Gasteiger partial charge is 0.392 e. The Morgan fingerprint density at radius 3 is 2.78 bits per heavy atom. The summed E-state index contributed by atoms with van der Waals surface area (Å²) >= 11 is 0. The number of nitrogens with zero attached hydrogens (tertiary/aromatic N) is 1. The maximum Gasteiger partial charge on any atom is 0.222 e. The van der Waals surface area contributed by atoms with E-state index in [1.54, 1.807) is 4.90 Å². The number of aliphatic hydroxyl groups excluding tert-OH is 2. The van der Waals surface area contributed by atoms with Crippen molar-refractivity contribution in [2.45, 2.75) is 83.3 Å². The minimum atomic E-state index is -0.383. The van der Waals surface area contributed by atoms with Crippen LogP contribution >= 0.6 is 0 Å². The van der Waals surface area contributed by atoms with Gasteiger partial charge in [0.1, 0.15) is 0 Å². The first-order valence-corrected chi connectivity index (χ1v) is 10.9. The fraction of sp³-hybridized carbons (Fsp3) is 0.783. The quantitative estimate of drug-likeness (QED) is 0.421. The van der Waals surface area contributed by atoms with Crippen LogP contribution < -0.4 is 0 Å². The van der Waals surface area contributed by atoms with Crippen LogP contribution in [0.1, 0.15) is 71.1 Å². The van der Waals surface area contributed by atoms with Crippen molar-refractivity contribution in [3.63, 3.8) is 0 Å². The van der Waals surface area contributed by atoms with Crippen LogP contribution in [0.15, 0.2) is 23.8 Å². The second-order valence-corrected chi connectivity index (χ2v) is 8.68. The first kappa shape index (κ1) is 22.2. The zero-order valence-corrected chi connectivity index (χ0v) is 17.4. The first-order chi connectivity index (χ1) is 12.9. The van der Waals surface area contributed by atoms with E-state index in [4.69, 9.17) is 0 Å². The van der Waals surface area contributed by atoms with E-state index in [1.807, 2.05) is 20.2 Å². The summed E-state index contributed by atoms with van der Waals surface area (Å²) < 4.78 is 0. The Labute approximate surface area is 165 Å². The molecule has 0 unspecified atom stereocenters. The molecule has 1 fully saturated rings. The lowest BCUT2D eigenvalue weighted by molar-refractivity contribution is -0.128. The normalized spacial score (nSPS) is 28.4. The zero-order chi connectivity index (χ0) is 19.8. The summed E-state index contributed by atoms with van der Waals surface area (Å²) in [6.07, 6.45) is 15.5. The smallest absolute Gasteiger partial charge is 0.222 e. The fourth-order valence-electron chi connectivity index (χ4n) is 4.60. The molecule has 0 bridgehead atoms. The lowest BCUT2D eigenvalue weighted by Gasteiger charge is -2.19. The van der Waals surface area contributed by atoms with Gasteiger partial charge in [-0.05, 0) is 50.4 Å². The third-order valence-corrected chi connectivity index (χ3v) is 6.25. The molecular weight excluding hydrogens is 338 g/mol. The lowest BCUT2D eigenvalue weighted by Crippen LogP contribution is -2.21. The maximum atomic E-state index is 11.6. The third kappa shape index (κ3) is 6.76. The predicted octanol–water partition coefficient (Wildman–Crippen LogP) is 4.08. The summed E-state index contributed by atoms with van der Waals surface area (Å²) in [5.41, 5.74) is 1.50. The minimum Gasteiger partial charge on any atom is -0.392 e. The van der Waals surface area contributed by atoms with Gasteiger partial charge < -0.3 is 15.1 Å². The van der Waals surface area contributed by atoms with E-state index in [2.05, 4.69) is 19.1 Å². The molecule has 154 valence electrons. The molecule has 2 rings (SSSR count). The second kappa shape index (κ2) is 11.0. The highest BCUT2D eigenvalue weighted by Gasteiger charge is 2.43. The van der Waals surface area contributed by atoms with Crippen LogP contribution in [0, 0.1) is 17.8 Å².